The second-order valence-corrected chi connectivity index (χ2v) is 8.00. The maximum Gasteiger partial charge on any atom is 0.315 e. The molecule has 0 bridgehead atoms. The highest BCUT2D eigenvalue weighted by Gasteiger charge is 2.27. The Kier molecular flexibility index (Phi) is 6.77. The van der Waals surface area contributed by atoms with Gasteiger partial charge < -0.3 is 19.8 Å². The van der Waals surface area contributed by atoms with Gasteiger partial charge in [-0.15, -0.1) is 0 Å². The Hall–Kier alpha value is -2.57. The predicted molar refractivity (Wildman–Crippen MR) is 115 cm³/mol. The molecule has 2 amide bonds. The van der Waals surface area contributed by atoms with Gasteiger partial charge in [0.1, 0.15) is 5.76 Å². The van der Waals surface area contributed by atoms with Gasteiger partial charge in [0.25, 0.3) is 0 Å². The van der Waals surface area contributed by atoms with Crippen LogP contribution in [0.3, 0.4) is 0 Å². The average Bonchev–Trinajstić information content (AvgIpc) is 3.23. The van der Waals surface area contributed by atoms with Gasteiger partial charge in [0.2, 0.25) is 0 Å². The van der Waals surface area contributed by atoms with E-state index in [-0.39, 0.29) is 12.1 Å². The molecule has 6 nitrogen and oxygen atoms in total. The van der Waals surface area contributed by atoms with Crippen molar-refractivity contribution >= 4 is 11.6 Å². The van der Waals surface area contributed by atoms with Crippen molar-refractivity contribution < 1.29 is 13.9 Å². The summed E-state index contributed by atoms with van der Waals surface area (Å²) in [6, 6.07) is 11.7. The van der Waals surface area contributed by atoms with E-state index in [4.69, 9.17) is 9.15 Å². The third-order valence-electron chi connectivity index (χ3n) is 5.32. The van der Waals surface area contributed by atoms with Crippen LogP contribution in [0.1, 0.15) is 43.7 Å². The maximum absolute atomic E-state index is 12.7. The molecular weight excluding hydrogens is 366 g/mol. The Balaban J connectivity index is 1.64. The lowest BCUT2D eigenvalue weighted by atomic mass is 9.92. The molecule has 6 heteroatoms. The molecule has 1 aromatic carbocycles. The van der Waals surface area contributed by atoms with Gasteiger partial charge in [-0.25, -0.2) is 4.79 Å². The normalized spacial score (nSPS) is 16.2. The first kappa shape index (κ1) is 21.1. The van der Waals surface area contributed by atoms with Gasteiger partial charge in [-0.2, -0.15) is 0 Å². The summed E-state index contributed by atoms with van der Waals surface area (Å²) in [6.45, 7) is 13.4. The Bertz CT molecular complexity index is 824. The molecule has 1 atom stereocenters. The second kappa shape index (κ2) is 9.29. The first-order valence-corrected chi connectivity index (χ1v) is 10.0. The number of urea groups is 1. The van der Waals surface area contributed by atoms with Crippen molar-refractivity contribution in [3.8, 4) is 0 Å². The number of allylic oxidation sites excluding steroid dienone is 1. The summed E-state index contributed by atoms with van der Waals surface area (Å²) >= 11 is 0. The predicted octanol–water partition coefficient (Wildman–Crippen LogP) is 3.92. The van der Waals surface area contributed by atoms with E-state index in [1.54, 1.807) is 6.26 Å². The summed E-state index contributed by atoms with van der Waals surface area (Å²) in [5.41, 5.74) is 2.58. The van der Waals surface area contributed by atoms with E-state index in [2.05, 4.69) is 28.2 Å². The topological polar surface area (TPSA) is 66.7 Å². The molecule has 2 heterocycles. The van der Waals surface area contributed by atoms with E-state index in [1.807, 2.05) is 51.1 Å². The lowest BCUT2D eigenvalue weighted by Crippen LogP contribution is -2.49. The number of benzene rings is 1. The van der Waals surface area contributed by atoms with Gasteiger partial charge in [0, 0.05) is 19.6 Å². The highest BCUT2D eigenvalue weighted by molar-refractivity contribution is 5.75. The zero-order chi connectivity index (χ0) is 20.9. The fourth-order valence-corrected chi connectivity index (χ4v) is 3.54. The van der Waals surface area contributed by atoms with Crippen LogP contribution in [-0.4, -0.2) is 43.8 Å². The van der Waals surface area contributed by atoms with Crippen LogP contribution in [0.5, 0.6) is 0 Å². The molecule has 0 radical (unpaired) electrons. The molecule has 2 N–H and O–H groups in total. The number of nitrogens with zero attached hydrogens (tertiary/aromatic N) is 1. The number of nitrogens with one attached hydrogen (secondary N) is 2. The highest BCUT2D eigenvalue weighted by Crippen LogP contribution is 2.24. The lowest BCUT2D eigenvalue weighted by Gasteiger charge is -2.34. The van der Waals surface area contributed by atoms with Crippen LogP contribution in [0.4, 0.5) is 4.79 Å². The van der Waals surface area contributed by atoms with Gasteiger partial charge in [-0.05, 0) is 50.1 Å². The summed E-state index contributed by atoms with van der Waals surface area (Å²) in [5.74, 6) is 0.848. The van der Waals surface area contributed by atoms with E-state index in [0.717, 1.165) is 35.5 Å². The zero-order valence-corrected chi connectivity index (χ0v) is 17.5. The third kappa shape index (κ3) is 5.49. The van der Waals surface area contributed by atoms with Crippen LogP contribution in [0.2, 0.25) is 0 Å². The maximum atomic E-state index is 12.7. The summed E-state index contributed by atoms with van der Waals surface area (Å²) in [6.07, 6.45) is 1.67. The summed E-state index contributed by atoms with van der Waals surface area (Å²) in [7, 11) is 0. The summed E-state index contributed by atoms with van der Waals surface area (Å²) < 4.78 is 11.1. The van der Waals surface area contributed by atoms with Crippen molar-refractivity contribution in [3.63, 3.8) is 0 Å². The van der Waals surface area contributed by atoms with Crippen LogP contribution < -0.4 is 10.6 Å². The number of ether oxygens (including phenoxy) is 1. The molecule has 2 aromatic rings. The first-order chi connectivity index (χ1) is 13.9. The van der Waals surface area contributed by atoms with Gasteiger partial charge in [-0.1, -0.05) is 30.4 Å². The SMILES string of the molecule is C=C(C)c1cccc(C(C)(C)NC(=O)NCC(c2ccco2)N2CCOCC2)c1. The van der Waals surface area contributed by atoms with Crippen LogP contribution in [0.15, 0.2) is 53.7 Å². The average molecular weight is 398 g/mol. The fourth-order valence-electron chi connectivity index (χ4n) is 3.54. The van der Waals surface area contributed by atoms with Crippen LogP contribution in [-0.2, 0) is 10.3 Å². The molecule has 1 unspecified atom stereocenters. The number of carbonyl (C=O) groups is 1. The van der Waals surface area contributed by atoms with Gasteiger partial charge in [0.15, 0.2) is 0 Å². The molecule has 0 spiro atoms. The molecule has 1 aromatic heterocycles. The number of hydrogen-bond acceptors (Lipinski definition) is 4. The molecule has 3 rings (SSSR count). The third-order valence-corrected chi connectivity index (χ3v) is 5.32. The fraction of sp³-hybridized carbons (Fsp3) is 0.435. The van der Waals surface area contributed by atoms with Crippen molar-refractivity contribution in [1.29, 1.82) is 0 Å². The molecule has 1 fully saturated rings. The number of carbonyl (C=O) groups excluding carboxylic acids is 1. The minimum absolute atomic E-state index is 0.0190. The highest BCUT2D eigenvalue weighted by atomic mass is 16.5. The lowest BCUT2D eigenvalue weighted by molar-refractivity contribution is 0.0122. The molecule has 1 aliphatic rings. The van der Waals surface area contributed by atoms with Crippen molar-refractivity contribution in [1.82, 2.24) is 15.5 Å². The molecule has 0 aliphatic carbocycles. The van der Waals surface area contributed by atoms with Crippen molar-refractivity contribution in [2.45, 2.75) is 32.4 Å². The quantitative estimate of drug-likeness (QED) is 0.743. The van der Waals surface area contributed by atoms with Gasteiger partial charge >= 0.3 is 6.03 Å². The van der Waals surface area contributed by atoms with E-state index in [0.29, 0.717) is 19.8 Å². The Morgan fingerprint density at radius 1 is 1.24 bits per heavy atom. The summed E-state index contributed by atoms with van der Waals surface area (Å²) in [4.78, 5) is 15.0. The Morgan fingerprint density at radius 2 is 2.00 bits per heavy atom. The monoisotopic (exact) mass is 397 g/mol. The number of rotatable bonds is 7. The van der Waals surface area contributed by atoms with E-state index >= 15 is 0 Å². The molecule has 0 saturated carbocycles. The molecule has 29 heavy (non-hydrogen) atoms. The minimum atomic E-state index is -0.519. The number of hydrogen-bond donors (Lipinski definition) is 2. The Morgan fingerprint density at radius 3 is 2.66 bits per heavy atom. The standard InChI is InChI=1S/C23H31N3O3/c1-17(2)18-7-5-8-19(15-18)23(3,4)25-22(27)24-16-20(21-9-6-12-29-21)26-10-13-28-14-11-26/h5-9,12,15,20H,1,10-11,13-14,16H2,2-4H3,(H2,24,25,27). The number of amides is 2. The van der Waals surface area contributed by atoms with E-state index in [9.17, 15) is 4.79 Å². The molecule has 156 valence electrons. The van der Waals surface area contributed by atoms with Gasteiger partial charge in [-0.3, -0.25) is 4.90 Å². The van der Waals surface area contributed by atoms with Crippen LogP contribution >= 0.6 is 0 Å². The van der Waals surface area contributed by atoms with E-state index < -0.39 is 5.54 Å². The van der Waals surface area contributed by atoms with E-state index in [1.165, 1.54) is 0 Å². The largest absolute Gasteiger partial charge is 0.468 e. The zero-order valence-electron chi connectivity index (χ0n) is 17.5. The van der Waals surface area contributed by atoms with Crippen molar-refractivity contribution in [2.24, 2.45) is 0 Å². The van der Waals surface area contributed by atoms with Gasteiger partial charge in [0.05, 0.1) is 31.1 Å². The minimum Gasteiger partial charge on any atom is -0.468 e. The number of morpholine rings is 1. The molecular formula is C23H31N3O3. The first-order valence-electron chi connectivity index (χ1n) is 10.0. The summed E-state index contributed by atoms with van der Waals surface area (Å²) in [5, 5.41) is 6.11. The van der Waals surface area contributed by atoms with Crippen molar-refractivity contribution in [3.05, 3.63) is 66.1 Å². The number of furan rings is 1. The smallest absolute Gasteiger partial charge is 0.315 e. The molecule has 1 aliphatic heterocycles. The van der Waals surface area contributed by atoms with Crippen molar-refractivity contribution in [2.75, 3.05) is 32.8 Å². The molecule has 1 saturated heterocycles. The van der Waals surface area contributed by atoms with Crippen LogP contribution in [0, 0.1) is 0 Å². The van der Waals surface area contributed by atoms with Crippen LogP contribution in [0.25, 0.3) is 5.57 Å². The Labute approximate surface area is 172 Å². The second-order valence-electron chi connectivity index (χ2n) is 8.00.